The number of hydrogen-bond donors (Lipinski definition) is 1. The lowest BCUT2D eigenvalue weighted by Crippen LogP contribution is -2.28. The van der Waals surface area contributed by atoms with E-state index in [2.05, 4.69) is 15.4 Å². The maximum absolute atomic E-state index is 12.7. The highest BCUT2D eigenvalue weighted by Gasteiger charge is 2.13. The van der Waals surface area contributed by atoms with Crippen molar-refractivity contribution in [2.75, 3.05) is 5.32 Å². The van der Waals surface area contributed by atoms with Crippen LogP contribution in [0.5, 0.6) is 0 Å². The molecule has 0 unspecified atom stereocenters. The lowest BCUT2D eigenvalue weighted by molar-refractivity contribution is -0.117. The van der Waals surface area contributed by atoms with Gasteiger partial charge in [-0.05, 0) is 49.2 Å². The van der Waals surface area contributed by atoms with Gasteiger partial charge in [-0.15, -0.1) is 5.10 Å². The highest BCUT2D eigenvalue weighted by Crippen LogP contribution is 2.14. The zero-order valence-corrected chi connectivity index (χ0v) is 14.4. The van der Waals surface area contributed by atoms with Gasteiger partial charge >= 0.3 is 5.69 Å². The Kier molecular flexibility index (Phi) is 3.76. The molecule has 0 aliphatic carbocycles. The quantitative estimate of drug-likeness (QED) is 0.616. The standard InChI is InChI=1S/C19H17N5O2/c1-12-7-8-14(9-13(12)2)21-18(25)11-23-19(26)24-16-6-4-3-5-15(16)20-10-17(24)22-23/h3-10H,11H2,1-2H3,(H,21,25). The molecule has 2 aromatic carbocycles. The van der Waals surface area contributed by atoms with Crippen LogP contribution in [0, 0.1) is 13.8 Å². The number of carbonyl (C=O) groups excluding carboxylic acids is 1. The summed E-state index contributed by atoms with van der Waals surface area (Å²) < 4.78 is 2.62. The summed E-state index contributed by atoms with van der Waals surface area (Å²) in [5.74, 6) is -0.309. The van der Waals surface area contributed by atoms with Gasteiger partial charge in [-0.3, -0.25) is 9.78 Å². The molecule has 1 amide bonds. The fourth-order valence-electron chi connectivity index (χ4n) is 2.88. The molecule has 0 saturated carbocycles. The molecule has 4 aromatic rings. The van der Waals surface area contributed by atoms with Crippen LogP contribution < -0.4 is 11.0 Å². The highest BCUT2D eigenvalue weighted by molar-refractivity contribution is 5.90. The van der Waals surface area contributed by atoms with Crippen molar-refractivity contribution in [3.05, 3.63) is 70.3 Å². The summed E-state index contributed by atoms with van der Waals surface area (Å²) in [6.45, 7) is 3.83. The molecule has 0 radical (unpaired) electrons. The predicted octanol–water partition coefficient (Wildman–Crippen LogP) is 2.30. The second kappa shape index (κ2) is 6.11. The van der Waals surface area contributed by atoms with Crippen molar-refractivity contribution in [3.63, 3.8) is 0 Å². The molecule has 130 valence electrons. The summed E-state index contributed by atoms with van der Waals surface area (Å²) in [7, 11) is 0. The van der Waals surface area contributed by atoms with Gasteiger partial charge in [0.05, 0.1) is 17.2 Å². The maximum atomic E-state index is 12.7. The number of aryl methyl sites for hydroxylation is 2. The van der Waals surface area contributed by atoms with Crippen LogP contribution in [-0.2, 0) is 11.3 Å². The molecule has 0 aliphatic rings. The number of nitrogens with one attached hydrogen (secondary N) is 1. The number of nitrogens with zero attached hydrogens (tertiary/aromatic N) is 4. The van der Waals surface area contributed by atoms with Crippen molar-refractivity contribution in [3.8, 4) is 0 Å². The molecule has 26 heavy (non-hydrogen) atoms. The normalized spacial score (nSPS) is 11.2. The summed E-state index contributed by atoms with van der Waals surface area (Å²) in [6, 6.07) is 13.0. The van der Waals surface area contributed by atoms with Crippen molar-refractivity contribution >= 4 is 28.3 Å². The molecule has 7 heteroatoms. The Morgan fingerprint density at radius 3 is 2.73 bits per heavy atom. The van der Waals surface area contributed by atoms with E-state index in [4.69, 9.17) is 0 Å². The van der Waals surface area contributed by atoms with Gasteiger partial charge in [0.15, 0.2) is 5.65 Å². The van der Waals surface area contributed by atoms with Crippen LogP contribution in [0.25, 0.3) is 16.7 Å². The van der Waals surface area contributed by atoms with E-state index < -0.39 is 0 Å². The Hall–Kier alpha value is -3.48. The minimum atomic E-state index is -0.367. The van der Waals surface area contributed by atoms with Gasteiger partial charge in [-0.1, -0.05) is 18.2 Å². The summed E-state index contributed by atoms with van der Waals surface area (Å²) in [6.07, 6.45) is 1.53. The summed E-state index contributed by atoms with van der Waals surface area (Å²) in [5.41, 5.74) is 4.34. The smallest absolute Gasteiger partial charge is 0.324 e. The first kappa shape index (κ1) is 16.0. The molecule has 1 N–H and O–H groups in total. The minimum absolute atomic E-state index is 0.165. The third kappa shape index (κ3) is 2.73. The lowest BCUT2D eigenvalue weighted by atomic mass is 10.1. The molecule has 4 rings (SSSR count). The van der Waals surface area contributed by atoms with Gasteiger partial charge in [-0.25, -0.2) is 13.9 Å². The molecule has 0 bridgehead atoms. The number of amides is 1. The number of hydrogen-bond acceptors (Lipinski definition) is 4. The van der Waals surface area contributed by atoms with E-state index in [-0.39, 0.29) is 18.1 Å². The molecule has 0 aliphatic heterocycles. The van der Waals surface area contributed by atoms with Crippen molar-refractivity contribution in [1.29, 1.82) is 0 Å². The Morgan fingerprint density at radius 2 is 1.92 bits per heavy atom. The fraction of sp³-hybridized carbons (Fsp3) is 0.158. The second-order valence-corrected chi connectivity index (χ2v) is 6.23. The average Bonchev–Trinajstić information content (AvgIpc) is 2.94. The molecule has 0 saturated heterocycles. The first-order valence-corrected chi connectivity index (χ1v) is 8.23. The predicted molar refractivity (Wildman–Crippen MR) is 99.3 cm³/mol. The lowest BCUT2D eigenvalue weighted by Gasteiger charge is -2.07. The first-order valence-electron chi connectivity index (χ1n) is 8.23. The average molecular weight is 347 g/mol. The van der Waals surface area contributed by atoms with E-state index in [0.29, 0.717) is 22.4 Å². The molecule has 0 spiro atoms. The Labute approximate surface area is 148 Å². The van der Waals surface area contributed by atoms with Crippen LogP contribution >= 0.6 is 0 Å². The highest BCUT2D eigenvalue weighted by atomic mass is 16.2. The van der Waals surface area contributed by atoms with E-state index in [1.165, 1.54) is 10.6 Å². The Balaban J connectivity index is 1.65. The van der Waals surface area contributed by atoms with E-state index in [9.17, 15) is 9.59 Å². The van der Waals surface area contributed by atoms with Crippen molar-refractivity contribution in [1.82, 2.24) is 19.2 Å². The maximum Gasteiger partial charge on any atom is 0.351 e. The van der Waals surface area contributed by atoms with Crippen molar-refractivity contribution in [2.24, 2.45) is 0 Å². The van der Waals surface area contributed by atoms with Gasteiger partial charge in [0.1, 0.15) is 6.54 Å². The van der Waals surface area contributed by atoms with E-state index in [1.54, 1.807) is 6.07 Å². The van der Waals surface area contributed by atoms with Gasteiger partial charge < -0.3 is 5.32 Å². The van der Waals surface area contributed by atoms with Gasteiger partial charge in [0.25, 0.3) is 0 Å². The summed E-state index contributed by atoms with van der Waals surface area (Å²) in [5, 5.41) is 7.02. The summed E-state index contributed by atoms with van der Waals surface area (Å²) in [4.78, 5) is 29.3. The summed E-state index contributed by atoms with van der Waals surface area (Å²) >= 11 is 0. The molecule has 0 fully saturated rings. The number of fused-ring (bicyclic) bond motifs is 3. The van der Waals surface area contributed by atoms with Crippen molar-refractivity contribution in [2.45, 2.75) is 20.4 Å². The largest absolute Gasteiger partial charge is 0.351 e. The molecular weight excluding hydrogens is 330 g/mol. The molecule has 2 heterocycles. The zero-order chi connectivity index (χ0) is 18.3. The topological polar surface area (TPSA) is 81.3 Å². The SMILES string of the molecule is Cc1ccc(NC(=O)Cn2nc3cnc4ccccc4n3c2=O)cc1C. The number of benzene rings is 2. The Bertz CT molecular complexity index is 1210. The molecule has 7 nitrogen and oxygen atoms in total. The third-order valence-corrected chi connectivity index (χ3v) is 4.39. The minimum Gasteiger partial charge on any atom is -0.324 e. The van der Waals surface area contributed by atoms with Crippen LogP contribution in [0.3, 0.4) is 0 Å². The van der Waals surface area contributed by atoms with Crippen LogP contribution in [0.4, 0.5) is 5.69 Å². The third-order valence-electron chi connectivity index (χ3n) is 4.39. The molecule has 2 aromatic heterocycles. The van der Waals surface area contributed by atoms with E-state index in [0.717, 1.165) is 15.8 Å². The molecular formula is C19H17N5O2. The van der Waals surface area contributed by atoms with Crippen LogP contribution in [0.2, 0.25) is 0 Å². The fourth-order valence-corrected chi connectivity index (χ4v) is 2.88. The van der Waals surface area contributed by atoms with Crippen LogP contribution in [-0.4, -0.2) is 25.1 Å². The van der Waals surface area contributed by atoms with Gasteiger partial charge in [-0.2, -0.15) is 0 Å². The van der Waals surface area contributed by atoms with Gasteiger partial charge in [0, 0.05) is 5.69 Å². The zero-order valence-electron chi connectivity index (χ0n) is 14.4. The van der Waals surface area contributed by atoms with Crippen LogP contribution in [0.1, 0.15) is 11.1 Å². The molecule has 0 atom stereocenters. The number of carbonyl (C=O) groups is 1. The van der Waals surface area contributed by atoms with Crippen molar-refractivity contribution < 1.29 is 4.79 Å². The van der Waals surface area contributed by atoms with E-state index >= 15 is 0 Å². The monoisotopic (exact) mass is 347 g/mol. The number of para-hydroxylation sites is 2. The number of anilines is 1. The Morgan fingerprint density at radius 1 is 1.12 bits per heavy atom. The first-order chi connectivity index (χ1) is 12.5. The second-order valence-electron chi connectivity index (χ2n) is 6.23. The van der Waals surface area contributed by atoms with Gasteiger partial charge in [0.2, 0.25) is 5.91 Å². The van der Waals surface area contributed by atoms with Crippen LogP contribution in [0.15, 0.2) is 53.5 Å². The van der Waals surface area contributed by atoms with E-state index in [1.807, 2.05) is 50.2 Å². The number of aromatic nitrogens is 4. The number of rotatable bonds is 3.